The molecule has 1 N–H and O–H groups in total. The van der Waals surface area contributed by atoms with Crippen molar-refractivity contribution in [2.45, 2.75) is 18.5 Å². The number of rotatable bonds is 1. The van der Waals surface area contributed by atoms with E-state index in [-0.39, 0.29) is 17.6 Å². The molecule has 0 amide bonds. The van der Waals surface area contributed by atoms with Gasteiger partial charge in [0.25, 0.3) is 0 Å². The van der Waals surface area contributed by atoms with E-state index in [4.69, 9.17) is 4.42 Å². The molecule has 6 rings (SSSR count). The molecule has 0 radical (unpaired) electrons. The number of benzene rings is 2. The zero-order valence-electron chi connectivity index (χ0n) is 14.6. The van der Waals surface area contributed by atoms with Crippen LogP contribution in [0.25, 0.3) is 11.0 Å². The highest BCUT2D eigenvalue weighted by molar-refractivity contribution is 5.87. The van der Waals surface area contributed by atoms with Crippen molar-refractivity contribution in [3.05, 3.63) is 100 Å². The Morgan fingerprint density at radius 3 is 2.67 bits per heavy atom. The molecule has 27 heavy (non-hydrogen) atoms. The molecule has 2 aromatic heterocycles. The molecule has 132 valence electrons. The lowest BCUT2D eigenvalue weighted by molar-refractivity contribution is 0.397. The number of aromatic nitrogens is 1. The van der Waals surface area contributed by atoms with E-state index in [0.717, 1.165) is 17.5 Å². The van der Waals surface area contributed by atoms with Crippen LogP contribution in [-0.2, 0) is 6.54 Å². The van der Waals surface area contributed by atoms with Crippen molar-refractivity contribution in [3.8, 4) is 0 Å². The maximum atomic E-state index is 12.9. The van der Waals surface area contributed by atoms with E-state index in [2.05, 4.69) is 58.5 Å². The molecule has 0 unspecified atom stereocenters. The summed E-state index contributed by atoms with van der Waals surface area (Å²) in [6.07, 6.45) is 2.13. The first-order chi connectivity index (χ1) is 13.3. The van der Waals surface area contributed by atoms with Crippen LogP contribution in [0.1, 0.15) is 28.8 Å². The largest absolute Gasteiger partial charge is 0.421 e. The number of fused-ring (bicyclic) bond motifs is 6. The van der Waals surface area contributed by atoms with Crippen LogP contribution < -0.4 is 10.9 Å². The van der Waals surface area contributed by atoms with Crippen LogP contribution in [-0.4, -0.2) is 4.57 Å². The minimum atomic E-state index is -0.284. The van der Waals surface area contributed by atoms with Gasteiger partial charge in [-0.3, -0.25) is 0 Å². The molecular formula is C23H18N2O2. The summed E-state index contributed by atoms with van der Waals surface area (Å²) in [6, 6.07) is 22.7. The van der Waals surface area contributed by atoms with Gasteiger partial charge in [-0.05, 0) is 23.8 Å². The Morgan fingerprint density at radius 2 is 1.78 bits per heavy atom. The summed E-state index contributed by atoms with van der Waals surface area (Å²) in [5, 5.41) is 4.55. The quantitative estimate of drug-likeness (QED) is 0.511. The van der Waals surface area contributed by atoms with Gasteiger partial charge in [0.15, 0.2) is 0 Å². The second-order valence-corrected chi connectivity index (χ2v) is 7.43. The Labute approximate surface area is 156 Å². The Morgan fingerprint density at radius 1 is 0.963 bits per heavy atom. The zero-order valence-corrected chi connectivity index (χ0v) is 14.6. The SMILES string of the molecule is O=c1oc2ccccc2c2c1N[C@@H]1c3cccn3C[C@@H]1[C@H]2c1ccccc1. The van der Waals surface area contributed by atoms with E-state index in [9.17, 15) is 4.79 Å². The van der Waals surface area contributed by atoms with Crippen molar-refractivity contribution < 1.29 is 4.42 Å². The minimum Gasteiger partial charge on any atom is -0.421 e. The van der Waals surface area contributed by atoms with Gasteiger partial charge in [-0.2, -0.15) is 0 Å². The molecule has 4 nitrogen and oxygen atoms in total. The molecule has 0 fully saturated rings. The maximum Gasteiger partial charge on any atom is 0.360 e. The lowest BCUT2D eigenvalue weighted by Gasteiger charge is -2.36. The van der Waals surface area contributed by atoms with Gasteiger partial charge < -0.3 is 14.3 Å². The molecule has 0 saturated heterocycles. The van der Waals surface area contributed by atoms with Gasteiger partial charge in [-0.1, -0.05) is 48.5 Å². The lowest BCUT2D eigenvalue weighted by atomic mass is 9.73. The Kier molecular flexibility index (Phi) is 2.95. The highest BCUT2D eigenvalue weighted by Crippen LogP contribution is 2.52. The molecule has 4 heteroatoms. The summed E-state index contributed by atoms with van der Waals surface area (Å²) in [7, 11) is 0. The Bertz CT molecular complexity index is 1220. The van der Waals surface area contributed by atoms with Crippen molar-refractivity contribution in [1.82, 2.24) is 4.57 Å². The summed E-state index contributed by atoms with van der Waals surface area (Å²) in [4.78, 5) is 12.9. The predicted molar refractivity (Wildman–Crippen MR) is 105 cm³/mol. The van der Waals surface area contributed by atoms with E-state index in [1.807, 2.05) is 24.3 Å². The maximum absolute atomic E-state index is 12.9. The molecule has 0 bridgehead atoms. The smallest absolute Gasteiger partial charge is 0.360 e. The van der Waals surface area contributed by atoms with Gasteiger partial charge in [0, 0.05) is 41.2 Å². The summed E-state index contributed by atoms with van der Waals surface area (Å²) >= 11 is 0. The van der Waals surface area contributed by atoms with E-state index in [1.165, 1.54) is 11.3 Å². The number of hydrogen-bond acceptors (Lipinski definition) is 3. The fourth-order valence-corrected chi connectivity index (χ4v) is 4.98. The van der Waals surface area contributed by atoms with Gasteiger partial charge in [0.2, 0.25) is 0 Å². The average molecular weight is 354 g/mol. The highest BCUT2D eigenvalue weighted by Gasteiger charge is 2.45. The van der Waals surface area contributed by atoms with E-state index < -0.39 is 0 Å². The predicted octanol–water partition coefficient (Wildman–Crippen LogP) is 4.52. The van der Waals surface area contributed by atoms with Crippen LogP contribution in [0.15, 0.2) is 82.1 Å². The monoisotopic (exact) mass is 354 g/mol. The molecular weight excluding hydrogens is 336 g/mol. The van der Waals surface area contributed by atoms with Gasteiger partial charge in [0.1, 0.15) is 11.3 Å². The van der Waals surface area contributed by atoms with Gasteiger partial charge in [0.05, 0.1) is 6.04 Å². The van der Waals surface area contributed by atoms with Crippen LogP contribution in [0.3, 0.4) is 0 Å². The normalized spacial score (nSPS) is 22.7. The average Bonchev–Trinajstić information content (AvgIpc) is 3.29. The summed E-state index contributed by atoms with van der Waals surface area (Å²) in [5.74, 6) is 0.489. The number of hydrogen-bond donors (Lipinski definition) is 1. The molecule has 3 atom stereocenters. The summed E-state index contributed by atoms with van der Waals surface area (Å²) in [5.41, 5.74) is 4.53. The molecule has 2 aliphatic heterocycles. The summed E-state index contributed by atoms with van der Waals surface area (Å²) in [6.45, 7) is 0.938. The van der Waals surface area contributed by atoms with Crippen molar-refractivity contribution >= 4 is 16.7 Å². The van der Waals surface area contributed by atoms with Crippen LogP contribution in [0, 0.1) is 5.92 Å². The first-order valence-corrected chi connectivity index (χ1v) is 9.33. The number of anilines is 1. The van der Waals surface area contributed by atoms with E-state index in [1.54, 1.807) is 0 Å². The van der Waals surface area contributed by atoms with Crippen LogP contribution >= 0.6 is 0 Å². The van der Waals surface area contributed by atoms with Gasteiger partial charge >= 0.3 is 5.63 Å². The second-order valence-electron chi connectivity index (χ2n) is 7.43. The third-order valence-corrected chi connectivity index (χ3v) is 6.07. The topological polar surface area (TPSA) is 47.2 Å². The third-order valence-electron chi connectivity index (χ3n) is 6.07. The summed E-state index contributed by atoms with van der Waals surface area (Å²) < 4.78 is 7.94. The second kappa shape index (κ2) is 5.36. The fourth-order valence-electron chi connectivity index (χ4n) is 4.98. The van der Waals surface area contributed by atoms with Crippen molar-refractivity contribution in [2.75, 3.05) is 5.32 Å². The molecule has 0 spiro atoms. The highest BCUT2D eigenvalue weighted by atomic mass is 16.4. The number of nitrogens with zero attached hydrogens (tertiary/aromatic N) is 1. The van der Waals surface area contributed by atoms with Crippen LogP contribution in [0.5, 0.6) is 0 Å². The first-order valence-electron chi connectivity index (χ1n) is 9.33. The van der Waals surface area contributed by atoms with E-state index >= 15 is 0 Å². The standard InChI is InChI=1S/C23H18N2O2/c26-23-22-20(15-9-4-5-11-18(15)27-23)19(14-7-2-1-3-8-14)16-13-25-12-6-10-17(25)21(16)24-22/h1-12,16,19,21,24H,13H2/t16-,19-,21+/m1/s1. The molecule has 0 aliphatic carbocycles. The fraction of sp³-hybridized carbons (Fsp3) is 0.174. The molecule has 0 saturated carbocycles. The van der Waals surface area contributed by atoms with Gasteiger partial charge in [-0.25, -0.2) is 4.79 Å². The molecule has 4 heterocycles. The molecule has 2 aliphatic rings. The zero-order chi connectivity index (χ0) is 18.0. The van der Waals surface area contributed by atoms with Crippen molar-refractivity contribution in [2.24, 2.45) is 5.92 Å². The first kappa shape index (κ1) is 14.9. The third kappa shape index (κ3) is 2.01. The van der Waals surface area contributed by atoms with Crippen molar-refractivity contribution in [1.29, 1.82) is 0 Å². The van der Waals surface area contributed by atoms with Crippen LogP contribution in [0.2, 0.25) is 0 Å². The lowest BCUT2D eigenvalue weighted by Crippen LogP contribution is -2.33. The Balaban J connectivity index is 1.68. The Hall–Kier alpha value is -3.27. The minimum absolute atomic E-state index is 0.113. The van der Waals surface area contributed by atoms with Crippen LogP contribution in [0.4, 0.5) is 5.69 Å². The van der Waals surface area contributed by atoms with E-state index in [0.29, 0.717) is 17.2 Å². The van der Waals surface area contributed by atoms with Gasteiger partial charge in [-0.15, -0.1) is 0 Å². The molecule has 4 aromatic rings. The number of para-hydroxylation sites is 1. The molecule has 2 aromatic carbocycles. The van der Waals surface area contributed by atoms with Crippen molar-refractivity contribution in [3.63, 3.8) is 0 Å². The number of nitrogens with one attached hydrogen (secondary N) is 1.